The van der Waals surface area contributed by atoms with Crippen LogP contribution in [0.5, 0.6) is 11.5 Å². The lowest BCUT2D eigenvalue weighted by Gasteiger charge is -2.07. The predicted octanol–water partition coefficient (Wildman–Crippen LogP) is 1.94. The van der Waals surface area contributed by atoms with E-state index in [-0.39, 0.29) is 5.91 Å². The highest BCUT2D eigenvalue weighted by atomic mass is 32.1. The Morgan fingerprint density at radius 3 is 2.58 bits per heavy atom. The van der Waals surface area contributed by atoms with E-state index in [4.69, 9.17) is 15.3 Å². The maximum absolute atomic E-state index is 11.5. The first kappa shape index (κ1) is 13.4. The lowest BCUT2D eigenvalue weighted by Crippen LogP contribution is -2.30. The normalized spacial score (nSPS) is 10.0. The summed E-state index contributed by atoms with van der Waals surface area (Å²) in [4.78, 5) is 12.1. The molecule has 0 aliphatic carbocycles. The summed E-state index contributed by atoms with van der Waals surface area (Å²) in [5.41, 5.74) is 2.93. The van der Waals surface area contributed by atoms with Crippen LogP contribution in [-0.4, -0.2) is 13.0 Å². The number of amides is 1. The molecule has 0 fully saturated rings. The van der Waals surface area contributed by atoms with Gasteiger partial charge in [-0.2, -0.15) is 0 Å². The van der Waals surface area contributed by atoms with Gasteiger partial charge in [0.15, 0.2) is 0 Å². The molecule has 2 aromatic rings. The second-order valence-corrected chi connectivity index (χ2v) is 4.63. The topological polar surface area (TPSA) is 73.6 Å². The van der Waals surface area contributed by atoms with Crippen molar-refractivity contribution in [3.8, 4) is 11.5 Å². The van der Waals surface area contributed by atoms with Gasteiger partial charge >= 0.3 is 0 Å². The summed E-state index contributed by atoms with van der Waals surface area (Å²) in [7, 11) is 1.61. The molecule has 5 nitrogen and oxygen atoms in total. The Balaban J connectivity index is 2.02. The van der Waals surface area contributed by atoms with E-state index in [2.05, 4.69) is 5.43 Å². The Hall–Kier alpha value is -2.05. The summed E-state index contributed by atoms with van der Waals surface area (Å²) < 4.78 is 10.7. The Bertz CT molecular complexity index is 551. The molecule has 0 saturated heterocycles. The lowest BCUT2D eigenvalue weighted by molar-refractivity contribution is 0.0955. The van der Waals surface area contributed by atoms with Gasteiger partial charge in [0.05, 0.1) is 12.0 Å². The summed E-state index contributed by atoms with van der Waals surface area (Å²) in [6.07, 6.45) is 0. The molecule has 1 heterocycles. The minimum atomic E-state index is -0.302. The fourth-order valence-corrected chi connectivity index (χ4v) is 2.36. The van der Waals surface area contributed by atoms with Crippen molar-refractivity contribution in [2.75, 3.05) is 7.11 Å². The molecule has 1 amide bonds. The molecule has 0 atom stereocenters. The number of nitrogen functional groups attached to an aromatic ring is 1. The average molecular weight is 278 g/mol. The van der Waals surface area contributed by atoms with Crippen molar-refractivity contribution in [1.29, 1.82) is 0 Å². The van der Waals surface area contributed by atoms with Crippen molar-refractivity contribution in [1.82, 2.24) is 5.43 Å². The Morgan fingerprint density at radius 2 is 1.95 bits per heavy atom. The van der Waals surface area contributed by atoms with Crippen LogP contribution in [0.3, 0.4) is 0 Å². The van der Waals surface area contributed by atoms with Crippen molar-refractivity contribution in [2.24, 2.45) is 5.84 Å². The minimum Gasteiger partial charge on any atom is -0.497 e. The lowest BCUT2D eigenvalue weighted by atomic mass is 10.2. The highest BCUT2D eigenvalue weighted by Gasteiger charge is 2.12. The summed E-state index contributed by atoms with van der Waals surface area (Å²) in [5, 5.41) is 1.83. The van der Waals surface area contributed by atoms with Gasteiger partial charge in [-0.05, 0) is 35.7 Å². The molecule has 0 saturated carbocycles. The Labute approximate surface area is 114 Å². The molecule has 100 valence electrons. The van der Waals surface area contributed by atoms with E-state index >= 15 is 0 Å². The van der Waals surface area contributed by atoms with E-state index in [0.717, 1.165) is 11.3 Å². The second kappa shape index (κ2) is 6.21. The number of nitrogens with two attached hydrogens (primary N) is 1. The van der Waals surface area contributed by atoms with E-state index in [1.807, 2.05) is 35.7 Å². The van der Waals surface area contributed by atoms with Crippen LogP contribution in [0, 0.1) is 0 Å². The molecule has 1 aromatic carbocycles. The molecule has 1 aromatic heterocycles. The highest BCUT2D eigenvalue weighted by molar-refractivity contribution is 7.12. The molecule has 0 unspecified atom stereocenters. The van der Waals surface area contributed by atoms with Gasteiger partial charge in [0, 0.05) is 5.56 Å². The second-order valence-electron chi connectivity index (χ2n) is 3.71. The van der Waals surface area contributed by atoms with E-state index in [1.54, 1.807) is 7.11 Å². The van der Waals surface area contributed by atoms with Crippen molar-refractivity contribution in [3.63, 3.8) is 0 Å². The molecule has 2 rings (SSSR count). The van der Waals surface area contributed by atoms with Crippen molar-refractivity contribution in [2.45, 2.75) is 6.61 Å². The zero-order chi connectivity index (χ0) is 13.7. The van der Waals surface area contributed by atoms with E-state index < -0.39 is 0 Å². The van der Waals surface area contributed by atoms with Gasteiger partial charge in [-0.1, -0.05) is 0 Å². The van der Waals surface area contributed by atoms with Gasteiger partial charge in [0.1, 0.15) is 18.1 Å². The molecular weight excluding hydrogens is 264 g/mol. The molecule has 0 bridgehead atoms. The predicted molar refractivity (Wildman–Crippen MR) is 73.3 cm³/mol. The van der Waals surface area contributed by atoms with Crippen LogP contribution in [0.2, 0.25) is 0 Å². The average Bonchev–Trinajstić information content (AvgIpc) is 2.93. The van der Waals surface area contributed by atoms with Gasteiger partial charge < -0.3 is 9.47 Å². The maximum Gasteiger partial charge on any atom is 0.275 e. The summed E-state index contributed by atoms with van der Waals surface area (Å²) in [5.74, 6) is 6.30. The first-order valence-electron chi connectivity index (χ1n) is 5.58. The third-order valence-electron chi connectivity index (χ3n) is 2.54. The van der Waals surface area contributed by atoms with E-state index in [1.165, 1.54) is 11.3 Å². The smallest absolute Gasteiger partial charge is 0.275 e. The third kappa shape index (κ3) is 3.24. The molecular formula is C13H14N2O3S. The zero-order valence-corrected chi connectivity index (χ0v) is 11.2. The van der Waals surface area contributed by atoms with Crippen LogP contribution in [0.1, 0.15) is 15.2 Å². The first-order chi connectivity index (χ1) is 9.24. The number of methoxy groups -OCH3 is 1. The SMILES string of the molecule is COc1ccc(OCc2ccsc2C(=O)NN)cc1. The van der Waals surface area contributed by atoms with Gasteiger partial charge in [0.25, 0.3) is 5.91 Å². The molecule has 3 N–H and O–H groups in total. The highest BCUT2D eigenvalue weighted by Crippen LogP contribution is 2.21. The number of hydrogen-bond donors (Lipinski definition) is 2. The fourth-order valence-electron chi connectivity index (χ4n) is 1.55. The third-order valence-corrected chi connectivity index (χ3v) is 3.49. The molecule has 0 aliphatic rings. The number of thiophene rings is 1. The van der Waals surface area contributed by atoms with Gasteiger partial charge in [-0.25, -0.2) is 5.84 Å². The minimum absolute atomic E-state index is 0.302. The standard InChI is InChI=1S/C13H14N2O3S/c1-17-10-2-4-11(5-3-10)18-8-9-6-7-19-12(9)13(16)15-14/h2-7H,8,14H2,1H3,(H,15,16). The number of carbonyl (C=O) groups excluding carboxylic acids is 1. The van der Waals surface area contributed by atoms with Crippen LogP contribution in [0.25, 0.3) is 0 Å². The van der Waals surface area contributed by atoms with Gasteiger partial charge in [-0.3, -0.25) is 10.2 Å². The first-order valence-corrected chi connectivity index (χ1v) is 6.46. The molecule has 0 radical (unpaired) electrons. The zero-order valence-electron chi connectivity index (χ0n) is 10.4. The van der Waals surface area contributed by atoms with Crippen LogP contribution < -0.4 is 20.7 Å². The molecule has 0 spiro atoms. The van der Waals surface area contributed by atoms with Crippen molar-refractivity contribution in [3.05, 3.63) is 46.2 Å². The van der Waals surface area contributed by atoms with Crippen molar-refractivity contribution >= 4 is 17.2 Å². The molecule has 0 aliphatic heterocycles. The van der Waals surface area contributed by atoms with Crippen LogP contribution in [-0.2, 0) is 6.61 Å². The van der Waals surface area contributed by atoms with E-state index in [0.29, 0.717) is 17.2 Å². The van der Waals surface area contributed by atoms with Crippen LogP contribution in [0.15, 0.2) is 35.7 Å². The number of rotatable bonds is 5. The van der Waals surface area contributed by atoms with Crippen molar-refractivity contribution < 1.29 is 14.3 Å². The quantitative estimate of drug-likeness (QED) is 0.498. The molecule has 6 heteroatoms. The number of carbonyl (C=O) groups is 1. The number of hydrazine groups is 1. The Morgan fingerprint density at radius 1 is 1.26 bits per heavy atom. The van der Waals surface area contributed by atoms with E-state index in [9.17, 15) is 4.79 Å². The summed E-state index contributed by atoms with van der Waals surface area (Å²) >= 11 is 1.33. The number of ether oxygens (including phenoxy) is 2. The number of hydrogen-bond acceptors (Lipinski definition) is 5. The summed E-state index contributed by atoms with van der Waals surface area (Å²) in [6.45, 7) is 0.318. The van der Waals surface area contributed by atoms with Gasteiger partial charge in [0.2, 0.25) is 0 Å². The van der Waals surface area contributed by atoms with Crippen LogP contribution in [0.4, 0.5) is 0 Å². The largest absolute Gasteiger partial charge is 0.497 e. The number of benzene rings is 1. The fraction of sp³-hybridized carbons (Fsp3) is 0.154. The molecule has 19 heavy (non-hydrogen) atoms. The van der Waals surface area contributed by atoms with Gasteiger partial charge in [-0.15, -0.1) is 11.3 Å². The maximum atomic E-state index is 11.5. The monoisotopic (exact) mass is 278 g/mol. The number of nitrogens with one attached hydrogen (secondary N) is 1. The van der Waals surface area contributed by atoms with Crippen LogP contribution >= 0.6 is 11.3 Å². The summed E-state index contributed by atoms with van der Waals surface area (Å²) in [6, 6.07) is 9.10. The Kier molecular flexibility index (Phi) is 4.38.